The zero-order chi connectivity index (χ0) is 27.8. The lowest BCUT2D eigenvalue weighted by Gasteiger charge is -2.33. The van der Waals surface area contributed by atoms with Crippen molar-refractivity contribution in [3.8, 4) is 17.2 Å². The number of rotatable bonds is 11. The number of methoxy groups -OCH3 is 1. The Morgan fingerprint density at radius 1 is 1.05 bits per heavy atom. The maximum Gasteiger partial charge on any atom is 0.219 e. The van der Waals surface area contributed by atoms with Crippen LogP contribution in [0.2, 0.25) is 0 Å². The maximum absolute atomic E-state index is 12.3. The Kier molecular flexibility index (Phi) is 9.48. The van der Waals surface area contributed by atoms with E-state index in [0.717, 1.165) is 24.1 Å². The van der Waals surface area contributed by atoms with Gasteiger partial charge in [0.25, 0.3) is 0 Å². The van der Waals surface area contributed by atoms with E-state index in [2.05, 4.69) is 16.8 Å². The Labute approximate surface area is 230 Å². The molecule has 1 fully saturated rings. The van der Waals surface area contributed by atoms with Gasteiger partial charge >= 0.3 is 0 Å². The van der Waals surface area contributed by atoms with E-state index in [1.807, 2.05) is 54.1 Å². The minimum absolute atomic E-state index is 0.0577. The minimum Gasteiger partial charge on any atom is -0.493 e. The fraction of sp³-hybridized carbons (Fsp3) is 0.467. The molecule has 39 heavy (non-hydrogen) atoms. The van der Waals surface area contributed by atoms with Gasteiger partial charge in [0.1, 0.15) is 18.0 Å². The summed E-state index contributed by atoms with van der Waals surface area (Å²) in [7, 11) is 1.64. The third-order valence-corrected chi connectivity index (χ3v) is 7.13. The summed E-state index contributed by atoms with van der Waals surface area (Å²) in [5.41, 5.74) is 2.13. The molecule has 0 bridgehead atoms. The van der Waals surface area contributed by atoms with Gasteiger partial charge < -0.3 is 28.8 Å². The van der Waals surface area contributed by atoms with Crippen molar-refractivity contribution in [2.24, 2.45) is 0 Å². The number of carbonyl (C=O) groups is 1. The molecule has 3 aromatic rings. The summed E-state index contributed by atoms with van der Waals surface area (Å²) in [4.78, 5) is 20.2. The number of aryl methyl sites for hydroxylation is 3. The summed E-state index contributed by atoms with van der Waals surface area (Å²) < 4.78 is 19.7. The van der Waals surface area contributed by atoms with E-state index in [-0.39, 0.29) is 19.1 Å². The molecule has 0 unspecified atom stereocenters. The predicted octanol–water partition coefficient (Wildman–Crippen LogP) is 3.45. The van der Waals surface area contributed by atoms with Crippen LogP contribution in [-0.2, 0) is 17.9 Å². The van der Waals surface area contributed by atoms with Crippen LogP contribution in [0.25, 0.3) is 0 Å². The number of aromatic nitrogens is 2. The second kappa shape index (κ2) is 13.0. The molecule has 1 aliphatic heterocycles. The first-order valence-corrected chi connectivity index (χ1v) is 13.4. The van der Waals surface area contributed by atoms with E-state index in [9.17, 15) is 9.90 Å². The zero-order valence-electron chi connectivity index (χ0n) is 23.4. The van der Waals surface area contributed by atoms with Crippen molar-refractivity contribution in [3.05, 3.63) is 71.8 Å². The predicted molar refractivity (Wildman–Crippen MR) is 149 cm³/mol. The molecule has 1 atom stereocenters. The average molecular weight is 537 g/mol. The molecular formula is C30H40N4O5. The van der Waals surface area contributed by atoms with Crippen molar-refractivity contribution in [3.63, 3.8) is 0 Å². The SMILES string of the molecule is COc1cc(CN2CCN(C(C)=O)C[C@@](O)(COc3ccc(C)c(C)c3)C2)ccc1OCCCn1ccnc1. The lowest BCUT2D eigenvalue weighted by Crippen LogP contribution is -2.51. The van der Waals surface area contributed by atoms with Crippen LogP contribution in [0.1, 0.15) is 30.0 Å². The van der Waals surface area contributed by atoms with Gasteiger partial charge in [-0.2, -0.15) is 0 Å². The number of ether oxygens (including phenoxy) is 3. The topological polar surface area (TPSA) is 89.3 Å². The number of imidazole rings is 1. The van der Waals surface area contributed by atoms with Gasteiger partial charge in [-0.3, -0.25) is 9.69 Å². The van der Waals surface area contributed by atoms with Crippen molar-refractivity contribution in [2.45, 2.75) is 45.9 Å². The monoisotopic (exact) mass is 536 g/mol. The number of hydrogen-bond donors (Lipinski definition) is 1. The normalized spacial score (nSPS) is 18.0. The van der Waals surface area contributed by atoms with Crippen molar-refractivity contribution in [2.75, 3.05) is 46.5 Å². The van der Waals surface area contributed by atoms with E-state index in [4.69, 9.17) is 14.2 Å². The standard InChI is InChI=1S/C30H40N4O5/c1-23-6-8-27(16-24(23)2)39-21-30(36)19-33(13-14-34(20-30)25(3)35)18-26-7-9-28(29(17-26)37-4)38-15-5-11-32-12-10-31-22-32/h6-10,12,16-17,22,36H,5,11,13-15,18-21H2,1-4H3/t30-/m1/s1. The Morgan fingerprint density at radius 3 is 2.62 bits per heavy atom. The van der Waals surface area contributed by atoms with Gasteiger partial charge in [-0.15, -0.1) is 0 Å². The number of amides is 1. The highest BCUT2D eigenvalue weighted by molar-refractivity contribution is 5.73. The number of benzene rings is 2. The molecule has 0 aliphatic carbocycles. The summed E-state index contributed by atoms with van der Waals surface area (Å²) in [5.74, 6) is 2.02. The third kappa shape index (κ3) is 7.97. The lowest BCUT2D eigenvalue weighted by molar-refractivity contribution is -0.132. The van der Waals surface area contributed by atoms with Crippen LogP contribution in [0.15, 0.2) is 55.1 Å². The number of nitrogens with zero attached hydrogens (tertiary/aromatic N) is 4. The van der Waals surface area contributed by atoms with E-state index < -0.39 is 5.60 Å². The number of carbonyl (C=O) groups excluding carboxylic acids is 1. The summed E-state index contributed by atoms with van der Waals surface area (Å²) in [5, 5.41) is 11.6. The van der Waals surface area contributed by atoms with Gasteiger partial charge in [0.05, 0.1) is 26.6 Å². The lowest BCUT2D eigenvalue weighted by atomic mass is 10.0. The van der Waals surface area contributed by atoms with Crippen LogP contribution < -0.4 is 14.2 Å². The summed E-state index contributed by atoms with van der Waals surface area (Å²) in [6.45, 7) is 9.48. The molecule has 1 amide bonds. The first-order chi connectivity index (χ1) is 18.7. The Bertz CT molecular complexity index is 1230. The molecule has 1 N–H and O–H groups in total. The summed E-state index contributed by atoms with van der Waals surface area (Å²) >= 11 is 0. The smallest absolute Gasteiger partial charge is 0.219 e. The van der Waals surface area contributed by atoms with Crippen molar-refractivity contribution in [1.29, 1.82) is 0 Å². The summed E-state index contributed by atoms with van der Waals surface area (Å²) in [6, 6.07) is 11.8. The zero-order valence-corrected chi connectivity index (χ0v) is 23.4. The quantitative estimate of drug-likeness (QED) is 0.376. The molecule has 0 saturated carbocycles. The molecule has 9 heteroatoms. The molecule has 9 nitrogen and oxygen atoms in total. The van der Waals surface area contributed by atoms with Gasteiger partial charge in [-0.05, 0) is 61.2 Å². The maximum atomic E-state index is 12.3. The fourth-order valence-corrected chi connectivity index (χ4v) is 4.79. The van der Waals surface area contributed by atoms with Gasteiger partial charge in [-0.1, -0.05) is 12.1 Å². The van der Waals surface area contributed by atoms with E-state index in [0.29, 0.717) is 50.0 Å². The largest absolute Gasteiger partial charge is 0.493 e. The molecular weight excluding hydrogens is 496 g/mol. The van der Waals surface area contributed by atoms with Crippen LogP contribution in [-0.4, -0.2) is 82.5 Å². The minimum atomic E-state index is -1.22. The Balaban J connectivity index is 1.40. The van der Waals surface area contributed by atoms with Gasteiger partial charge in [0.15, 0.2) is 11.5 Å². The Hall–Kier alpha value is -3.56. The highest BCUT2D eigenvalue weighted by Crippen LogP contribution is 2.29. The second-order valence-corrected chi connectivity index (χ2v) is 10.4. The van der Waals surface area contributed by atoms with E-state index in [1.54, 1.807) is 31.5 Å². The Morgan fingerprint density at radius 2 is 1.90 bits per heavy atom. The van der Waals surface area contributed by atoms with Gasteiger partial charge in [0.2, 0.25) is 5.91 Å². The highest BCUT2D eigenvalue weighted by Gasteiger charge is 2.37. The molecule has 0 spiro atoms. The molecule has 2 aromatic carbocycles. The van der Waals surface area contributed by atoms with E-state index in [1.165, 1.54) is 5.56 Å². The van der Waals surface area contributed by atoms with Gasteiger partial charge in [0, 0.05) is 52.0 Å². The van der Waals surface area contributed by atoms with Crippen molar-refractivity contribution in [1.82, 2.24) is 19.4 Å². The number of hydrogen-bond acceptors (Lipinski definition) is 7. The average Bonchev–Trinajstić information content (AvgIpc) is 3.37. The van der Waals surface area contributed by atoms with Crippen LogP contribution in [0.5, 0.6) is 17.2 Å². The molecule has 210 valence electrons. The van der Waals surface area contributed by atoms with Crippen LogP contribution in [0.3, 0.4) is 0 Å². The van der Waals surface area contributed by atoms with Gasteiger partial charge in [-0.25, -0.2) is 4.98 Å². The molecule has 4 rings (SSSR count). The van der Waals surface area contributed by atoms with Crippen LogP contribution in [0, 0.1) is 13.8 Å². The van der Waals surface area contributed by atoms with Crippen molar-refractivity contribution < 1.29 is 24.1 Å². The van der Waals surface area contributed by atoms with Crippen LogP contribution in [0.4, 0.5) is 0 Å². The second-order valence-electron chi connectivity index (χ2n) is 10.4. The number of aliphatic hydroxyl groups is 1. The van der Waals surface area contributed by atoms with E-state index >= 15 is 0 Å². The first kappa shape index (κ1) is 28.4. The fourth-order valence-electron chi connectivity index (χ4n) is 4.79. The number of β-amino-alcohol motifs (C(OH)–C–C–N with tert-alkyl or cyclic N) is 1. The molecule has 1 aliphatic rings. The molecule has 2 heterocycles. The van der Waals surface area contributed by atoms with Crippen molar-refractivity contribution >= 4 is 5.91 Å². The molecule has 1 aromatic heterocycles. The first-order valence-electron chi connectivity index (χ1n) is 13.4. The summed E-state index contributed by atoms with van der Waals surface area (Å²) in [6.07, 6.45) is 6.35. The highest BCUT2D eigenvalue weighted by atomic mass is 16.5. The third-order valence-electron chi connectivity index (χ3n) is 7.13. The molecule has 0 radical (unpaired) electrons. The molecule has 1 saturated heterocycles. The van der Waals surface area contributed by atoms with Crippen LogP contribution >= 0.6 is 0 Å².